The molecule has 3 rings (SSSR count). The number of nitrogens with one attached hydrogen (secondary N) is 2. The van der Waals surface area contributed by atoms with Crippen molar-refractivity contribution in [2.75, 3.05) is 19.6 Å². The van der Waals surface area contributed by atoms with Crippen molar-refractivity contribution in [1.29, 1.82) is 0 Å². The predicted octanol–water partition coefficient (Wildman–Crippen LogP) is 2.76. The zero-order valence-electron chi connectivity index (χ0n) is 15.1. The third kappa shape index (κ3) is 4.25. The van der Waals surface area contributed by atoms with Crippen LogP contribution < -0.4 is 10.6 Å². The fourth-order valence-corrected chi connectivity index (χ4v) is 2.95. The minimum absolute atomic E-state index is 0.0999. The van der Waals surface area contributed by atoms with Gasteiger partial charge in [0.15, 0.2) is 5.82 Å². The lowest BCUT2D eigenvalue weighted by Crippen LogP contribution is -2.27. The van der Waals surface area contributed by atoms with Crippen LogP contribution in [0.15, 0.2) is 28.8 Å². The number of benzene rings is 1. The molecule has 1 atom stereocenters. The van der Waals surface area contributed by atoms with E-state index in [2.05, 4.69) is 20.8 Å². The Bertz CT molecular complexity index is 727. The quantitative estimate of drug-likeness (QED) is 0.873. The third-order valence-corrected chi connectivity index (χ3v) is 4.50. The van der Waals surface area contributed by atoms with Gasteiger partial charge in [0.05, 0.1) is 11.1 Å². The van der Waals surface area contributed by atoms with Crippen molar-refractivity contribution in [1.82, 2.24) is 20.8 Å². The van der Waals surface area contributed by atoms with Gasteiger partial charge in [-0.05, 0) is 44.0 Å². The highest BCUT2D eigenvalue weighted by atomic mass is 16.5. The van der Waals surface area contributed by atoms with E-state index < -0.39 is 0 Å². The third-order valence-electron chi connectivity index (χ3n) is 4.50. The van der Waals surface area contributed by atoms with Gasteiger partial charge >= 0.3 is 0 Å². The zero-order valence-corrected chi connectivity index (χ0v) is 15.1. The van der Waals surface area contributed by atoms with Crippen LogP contribution in [0.5, 0.6) is 0 Å². The molecule has 1 fully saturated rings. The van der Waals surface area contributed by atoms with E-state index in [1.165, 1.54) is 6.42 Å². The van der Waals surface area contributed by atoms with Gasteiger partial charge in [0.2, 0.25) is 0 Å². The van der Waals surface area contributed by atoms with Crippen LogP contribution in [0.3, 0.4) is 0 Å². The molecule has 1 unspecified atom stereocenters. The minimum Gasteiger partial charge on any atom is -0.352 e. The van der Waals surface area contributed by atoms with Crippen molar-refractivity contribution in [3.05, 3.63) is 35.7 Å². The molecule has 0 saturated carbocycles. The molecule has 1 aliphatic rings. The smallest absolute Gasteiger partial charge is 0.258 e. The second kappa shape index (κ2) is 7.35. The van der Waals surface area contributed by atoms with Crippen molar-refractivity contribution in [3.63, 3.8) is 0 Å². The van der Waals surface area contributed by atoms with Gasteiger partial charge in [-0.1, -0.05) is 38.1 Å². The van der Waals surface area contributed by atoms with Crippen molar-refractivity contribution < 1.29 is 9.32 Å². The van der Waals surface area contributed by atoms with E-state index in [0.29, 0.717) is 35.3 Å². The van der Waals surface area contributed by atoms with Gasteiger partial charge in [-0.3, -0.25) is 4.79 Å². The Morgan fingerprint density at radius 3 is 2.84 bits per heavy atom. The van der Waals surface area contributed by atoms with E-state index in [1.807, 2.05) is 39.0 Å². The van der Waals surface area contributed by atoms with Gasteiger partial charge in [-0.25, -0.2) is 0 Å². The summed E-state index contributed by atoms with van der Waals surface area (Å²) in [5.74, 6) is 1.57. The van der Waals surface area contributed by atoms with Crippen LogP contribution in [0.4, 0.5) is 0 Å². The Labute approximate surface area is 148 Å². The molecule has 6 nitrogen and oxygen atoms in total. The molecule has 1 saturated heterocycles. The van der Waals surface area contributed by atoms with Gasteiger partial charge < -0.3 is 15.2 Å². The normalized spacial score (nSPS) is 17.6. The van der Waals surface area contributed by atoms with Crippen molar-refractivity contribution in [2.24, 2.45) is 5.92 Å². The zero-order chi connectivity index (χ0) is 17.9. The van der Waals surface area contributed by atoms with Crippen LogP contribution in [-0.4, -0.2) is 35.7 Å². The molecule has 0 aliphatic carbocycles. The lowest BCUT2D eigenvalue weighted by atomic mass is 9.96. The van der Waals surface area contributed by atoms with E-state index in [9.17, 15) is 4.79 Å². The first-order valence-corrected chi connectivity index (χ1v) is 8.87. The summed E-state index contributed by atoms with van der Waals surface area (Å²) in [5.41, 5.74) is 1.04. The SMILES string of the molecule is CC(C)(C)c1noc(-c2ccccc2C(=O)NCCC2CCNC2)n1. The van der Waals surface area contributed by atoms with Crippen LogP contribution in [0, 0.1) is 5.92 Å². The molecule has 1 aromatic carbocycles. The minimum atomic E-state index is -0.200. The van der Waals surface area contributed by atoms with E-state index in [-0.39, 0.29) is 11.3 Å². The van der Waals surface area contributed by atoms with Crippen molar-refractivity contribution >= 4 is 5.91 Å². The first-order valence-electron chi connectivity index (χ1n) is 8.87. The molecule has 1 aromatic heterocycles. The summed E-state index contributed by atoms with van der Waals surface area (Å²) in [5, 5.41) is 10.4. The monoisotopic (exact) mass is 342 g/mol. The fourth-order valence-electron chi connectivity index (χ4n) is 2.95. The number of aromatic nitrogens is 2. The molecule has 2 heterocycles. The Morgan fingerprint density at radius 1 is 1.36 bits per heavy atom. The summed E-state index contributed by atoms with van der Waals surface area (Å²) < 4.78 is 5.40. The summed E-state index contributed by atoms with van der Waals surface area (Å²) in [7, 11) is 0. The largest absolute Gasteiger partial charge is 0.352 e. The highest BCUT2D eigenvalue weighted by molar-refractivity contribution is 5.99. The predicted molar refractivity (Wildman–Crippen MR) is 96.4 cm³/mol. The number of amides is 1. The fraction of sp³-hybridized carbons (Fsp3) is 0.526. The van der Waals surface area contributed by atoms with Gasteiger partial charge in [-0.15, -0.1) is 0 Å². The molecule has 6 heteroatoms. The van der Waals surface area contributed by atoms with Crippen LogP contribution in [0.1, 0.15) is 49.8 Å². The van der Waals surface area contributed by atoms with E-state index in [4.69, 9.17) is 4.52 Å². The topological polar surface area (TPSA) is 80.0 Å². The lowest BCUT2D eigenvalue weighted by Gasteiger charge is -2.11. The summed E-state index contributed by atoms with van der Waals surface area (Å²) in [4.78, 5) is 17.1. The van der Waals surface area contributed by atoms with Gasteiger partial charge in [0.1, 0.15) is 0 Å². The molecule has 2 N–H and O–H groups in total. The van der Waals surface area contributed by atoms with Gasteiger partial charge in [0, 0.05) is 12.0 Å². The van der Waals surface area contributed by atoms with Crippen LogP contribution in [0.25, 0.3) is 11.5 Å². The Balaban J connectivity index is 1.71. The summed E-state index contributed by atoms with van der Waals surface area (Å²) in [6, 6.07) is 7.36. The summed E-state index contributed by atoms with van der Waals surface area (Å²) >= 11 is 0. The van der Waals surface area contributed by atoms with Gasteiger partial charge in [0.25, 0.3) is 11.8 Å². The number of carbonyl (C=O) groups is 1. The number of carbonyl (C=O) groups excluding carboxylic acids is 1. The maximum Gasteiger partial charge on any atom is 0.258 e. The Hall–Kier alpha value is -2.21. The second-order valence-corrected chi connectivity index (χ2v) is 7.62. The number of hydrogen-bond acceptors (Lipinski definition) is 5. The van der Waals surface area contributed by atoms with Crippen molar-refractivity contribution in [3.8, 4) is 11.5 Å². The highest BCUT2D eigenvalue weighted by Crippen LogP contribution is 2.26. The molecule has 0 radical (unpaired) electrons. The molecule has 1 amide bonds. The van der Waals surface area contributed by atoms with Crippen LogP contribution in [0.2, 0.25) is 0 Å². The average Bonchev–Trinajstić information content (AvgIpc) is 3.26. The first-order chi connectivity index (χ1) is 11.9. The standard InChI is InChI=1S/C19H26N4O2/c1-19(2,3)18-22-17(25-23-18)15-7-5-4-6-14(15)16(24)21-11-9-13-8-10-20-12-13/h4-7,13,20H,8-12H2,1-3H3,(H,21,24). The Morgan fingerprint density at radius 2 is 2.16 bits per heavy atom. The van der Waals surface area contributed by atoms with E-state index >= 15 is 0 Å². The summed E-state index contributed by atoms with van der Waals surface area (Å²) in [6.07, 6.45) is 2.18. The van der Waals surface area contributed by atoms with Crippen LogP contribution in [-0.2, 0) is 5.41 Å². The van der Waals surface area contributed by atoms with Crippen LogP contribution >= 0.6 is 0 Å². The van der Waals surface area contributed by atoms with Crippen molar-refractivity contribution in [2.45, 2.75) is 39.0 Å². The average molecular weight is 342 g/mol. The number of nitrogens with zero attached hydrogens (tertiary/aromatic N) is 2. The van der Waals surface area contributed by atoms with Gasteiger partial charge in [-0.2, -0.15) is 4.98 Å². The Kier molecular flexibility index (Phi) is 5.18. The maximum absolute atomic E-state index is 12.6. The maximum atomic E-state index is 12.6. The lowest BCUT2D eigenvalue weighted by molar-refractivity contribution is 0.0952. The number of hydrogen-bond donors (Lipinski definition) is 2. The first kappa shape index (κ1) is 17.6. The molecule has 25 heavy (non-hydrogen) atoms. The molecule has 2 aromatic rings. The highest BCUT2D eigenvalue weighted by Gasteiger charge is 2.23. The van der Waals surface area contributed by atoms with E-state index in [0.717, 1.165) is 19.5 Å². The molecular weight excluding hydrogens is 316 g/mol. The molecule has 0 bridgehead atoms. The molecule has 134 valence electrons. The number of rotatable bonds is 5. The second-order valence-electron chi connectivity index (χ2n) is 7.62. The summed E-state index contributed by atoms with van der Waals surface area (Å²) in [6.45, 7) is 8.88. The molecule has 0 spiro atoms. The molecule has 1 aliphatic heterocycles. The molecular formula is C19H26N4O2. The van der Waals surface area contributed by atoms with E-state index in [1.54, 1.807) is 6.07 Å².